The molecule has 4 aromatic carbocycles. The van der Waals surface area contributed by atoms with Crippen molar-refractivity contribution in [2.45, 2.75) is 62.6 Å². The van der Waals surface area contributed by atoms with Crippen LogP contribution in [0.3, 0.4) is 0 Å². The van der Waals surface area contributed by atoms with Crippen molar-refractivity contribution in [1.82, 2.24) is 0 Å². The van der Waals surface area contributed by atoms with Crippen LogP contribution in [0.5, 0.6) is 0 Å². The summed E-state index contributed by atoms with van der Waals surface area (Å²) in [7, 11) is -2.75. The van der Waals surface area contributed by atoms with Crippen LogP contribution in [0.4, 0.5) is 0 Å². The van der Waals surface area contributed by atoms with Gasteiger partial charge in [0.2, 0.25) is 0 Å². The second-order valence-electron chi connectivity index (χ2n) is 12.2. The predicted octanol–water partition coefficient (Wildman–Crippen LogP) is -0.563. The van der Waals surface area contributed by atoms with Gasteiger partial charge in [0, 0.05) is 0 Å². The molecule has 0 heterocycles. The number of allylic oxidation sites excluding steroid dienone is 4. The standard InChI is InChI=1S/C38H41Si.3ClH.Ti/c1-27(2)31-16-10-19-34(24-31)39(35-20-11-17-32(25-35)28(3)4,36-21-12-18-33(26-36)29(5)6)38-23-13-22-37(38)30-14-8-7-9-15-30;;;;/h7-29H,1-6H3;3*1H;/q;;;;+3/p-3. The van der Waals surface area contributed by atoms with Crippen molar-refractivity contribution in [3.63, 3.8) is 0 Å². The maximum atomic E-state index is 2.54. The van der Waals surface area contributed by atoms with Crippen molar-refractivity contribution >= 4 is 29.2 Å². The van der Waals surface area contributed by atoms with Crippen molar-refractivity contribution in [1.29, 1.82) is 0 Å². The third-order valence-corrected chi connectivity index (χ3v) is 16.3. The minimum atomic E-state index is -2.75. The second kappa shape index (κ2) is 15.4. The summed E-state index contributed by atoms with van der Waals surface area (Å²) in [6.07, 6.45) is 7.21. The van der Waals surface area contributed by atoms with E-state index in [1.54, 1.807) is 0 Å². The molecule has 0 nitrogen and oxygen atoms in total. The Morgan fingerprint density at radius 2 is 0.930 bits per heavy atom. The largest absolute Gasteiger partial charge is 1.00 e. The third-order valence-electron chi connectivity index (χ3n) is 8.67. The molecule has 0 bridgehead atoms. The number of halogens is 3. The van der Waals surface area contributed by atoms with Gasteiger partial charge < -0.3 is 37.2 Å². The number of hydrogen-bond donors (Lipinski definition) is 0. The van der Waals surface area contributed by atoms with Gasteiger partial charge >= 0.3 is 256 Å². The van der Waals surface area contributed by atoms with Gasteiger partial charge in [0.05, 0.1) is 0 Å². The molecule has 222 valence electrons. The SMILES string of the molecule is CC(C)c1cccc([Si](c2cccc(C(C)C)c2)(c2cccc(C(C)C)c2)[C]2([Ti+3])C=CC=C2c2ccccc2)c1.[Cl-].[Cl-].[Cl-]. The van der Waals surface area contributed by atoms with E-state index in [4.69, 9.17) is 0 Å². The molecule has 0 N–H and O–H groups in total. The summed E-state index contributed by atoms with van der Waals surface area (Å²) in [5.41, 5.74) is 6.95. The van der Waals surface area contributed by atoms with Crippen LogP contribution in [0.1, 0.15) is 81.5 Å². The summed E-state index contributed by atoms with van der Waals surface area (Å²) < 4.78 is -0.199. The van der Waals surface area contributed by atoms with Crippen LogP contribution in [-0.4, -0.2) is 8.07 Å². The normalized spacial score (nSPS) is 16.0. The number of benzene rings is 4. The molecular weight excluding hydrogens is 639 g/mol. The van der Waals surface area contributed by atoms with Gasteiger partial charge in [-0.05, 0) is 0 Å². The van der Waals surface area contributed by atoms with Gasteiger partial charge in [0.25, 0.3) is 0 Å². The van der Waals surface area contributed by atoms with Gasteiger partial charge in [0.1, 0.15) is 0 Å². The fourth-order valence-corrected chi connectivity index (χ4v) is 14.4. The van der Waals surface area contributed by atoms with Crippen LogP contribution in [0.2, 0.25) is 3.34 Å². The van der Waals surface area contributed by atoms with Crippen LogP contribution in [0.25, 0.3) is 5.57 Å². The average molecular weight is 680 g/mol. The van der Waals surface area contributed by atoms with Crippen molar-refractivity contribution in [3.05, 3.63) is 144 Å². The van der Waals surface area contributed by atoms with E-state index in [0.717, 1.165) is 0 Å². The first-order chi connectivity index (χ1) is 19.2. The maximum Gasteiger partial charge on any atom is -1.00 e. The molecule has 0 amide bonds. The molecular formula is C38H41Cl3SiTi. The average Bonchev–Trinajstić information content (AvgIpc) is 3.36. The summed E-state index contributed by atoms with van der Waals surface area (Å²) in [6.45, 7) is 13.9. The van der Waals surface area contributed by atoms with E-state index >= 15 is 0 Å². The Morgan fingerprint density at radius 3 is 1.30 bits per heavy atom. The van der Waals surface area contributed by atoms with Crippen LogP contribution >= 0.6 is 0 Å². The first kappa shape index (κ1) is 37.3. The van der Waals surface area contributed by atoms with Crippen LogP contribution in [0, 0.1) is 0 Å². The molecule has 0 saturated carbocycles. The van der Waals surface area contributed by atoms with E-state index in [-0.39, 0.29) is 40.6 Å². The van der Waals surface area contributed by atoms with Crippen LogP contribution < -0.4 is 52.8 Å². The summed E-state index contributed by atoms with van der Waals surface area (Å²) >= 11 is 2.52. The smallest absolute Gasteiger partial charge is 1.00 e. The molecule has 5 heteroatoms. The van der Waals surface area contributed by atoms with Crippen LogP contribution in [0.15, 0.2) is 121 Å². The Labute approximate surface area is 291 Å². The summed E-state index contributed by atoms with van der Waals surface area (Å²) in [6, 6.07) is 39.8. The molecule has 1 aliphatic carbocycles. The summed E-state index contributed by atoms with van der Waals surface area (Å²) in [4.78, 5) is 0. The maximum absolute atomic E-state index is 2.75. The van der Waals surface area contributed by atoms with E-state index in [0.29, 0.717) is 17.8 Å². The number of rotatable bonds is 8. The molecule has 0 aromatic heterocycles. The van der Waals surface area contributed by atoms with Crippen molar-refractivity contribution in [3.8, 4) is 0 Å². The van der Waals surface area contributed by atoms with E-state index in [9.17, 15) is 0 Å². The monoisotopic (exact) mass is 678 g/mol. The van der Waals surface area contributed by atoms with E-state index < -0.39 is 8.07 Å². The molecule has 0 aliphatic heterocycles. The third kappa shape index (κ3) is 6.89. The molecule has 0 fully saturated rings. The summed E-state index contributed by atoms with van der Waals surface area (Å²) in [5.74, 6) is 1.39. The molecule has 0 saturated heterocycles. The first-order valence-corrected chi connectivity index (χ1v) is 17.5. The Morgan fingerprint density at radius 1 is 0.535 bits per heavy atom. The topological polar surface area (TPSA) is 0 Å². The quantitative estimate of drug-likeness (QED) is 0.173. The molecule has 5 rings (SSSR count). The van der Waals surface area contributed by atoms with E-state index in [2.05, 4.69) is 183 Å². The second-order valence-corrected chi connectivity index (χ2v) is 18.2. The fourth-order valence-electron chi connectivity index (χ4n) is 6.35. The molecule has 4 aromatic rings. The Balaban J connectivity index is 0.00000215. The van der Waals surface area contributed by atoms with Crippen LogP contribution in [-0.2, 0) is 20.4 Å². The fraction of sp³-hybridized carbons (Fsp3) is 0.263. The Bertz CT molecular complexity index is 1430. The van der Waals surface area contributed by atoms with Gasteiger partial charge in [-0.3, -0.25) is 0 Å². The van der Waals surface area contributed by atoms with Crippen molar-refractivity contribution < 1.29 is 57.7 Å². The zero-order chi connectivity index (χ0) is 28.5. The molecule has 43 heavy (non-hydrogen) atoms. The van der Waals surface area contributed by atoms with Gasteiger partial charge in [-0.15, -0.1) is 0 Å². The predicted molar refractivity (Wildman–Crippen MR) is 173 cm³/mol. The minimum absolute atomic E-state index is 0. The van der Waals surface area contributed by atoms with Gasteiger partial charge in [-0.25, -0.2) is 0 Å². The zero-order valence-electron chi connectivity index (χ0n) is 25.9. The zero-order valence-corrected chi connectivity index (χ0v) is 30.7. The molecule has 1 aliphatic rings. The first-order valence-electron chi connectivity index (χ1n) is 14.7. The molecule has 0 radical (unpaired) electrons. The van der Waals surface area contributed by atoms with Crippen molar-refractivity contribution in [2.24, 2.45) is 0 Å². The minimum Gasteiger partial charge on any atom is -1.00 e. The van der Waals surface area contributed by atoms with E-state index in [1.165, 1.54) is 43.4 Å². The summed E-state index contributed by atoms with van der Waals surface area (Å²) in [5, 5.41) is 4.45. The Kier molecular flexibility index (Phi) is 13.4. The van der Waals surface area contributed by atoms with Gasteiger partial charge in [-0.2, -0.15) is 0 Å². The van der Waals surface area contributed by atoms with Gasteiger partial charge in [-0.1, -0.05) is 0 Å². The molecule has 0 spiro atoms. The van der Waals surface area contributed by atoms with Crippen molar-refractivity contribution in [2.75, 3.05) is 0 Å². The molecule has 1 atom stereocenters. The Hall–Kier alpha value is -1.84. The molecule has 1 unspecified atom stereocenters. The van der Waals surface area contributed by atoms with E-state index in [1.807, 2.05) is 0 Å². The number of hydrogen-bond acceptors (Lipinski definition) is 0. The van der Waals surface area contributed by atoms with Gasteiger partial charge in [0.15, 0.2) is 0 Å².